The Morgan fingerprint density at radius 1 is 1.00 bits per heavy atom. The molecule has 1 atom stereocenters. The number of pyridine rings is 1. The molecule has 0 fully saturated rings. The molecule has 204 valence electrons. The van der Waals surface area contributed by atoms with Gasteiger partial charge in [-0.05, 0) is 82.2 Å². The third kappa shape index (κ3) is 5.30. The van der Waals surface area contributed by atoms with Gasteiger partial charge in [-0.3, -0.25) is 9.69 Å². The van der Waals surface area contributed by atoms with Crippen LogP contribution >= 0.6 is 0 Å². The molecule has 3 heterocycles. The van der Waals surface area contributed by atoms with Crippen molar-refractivity contribution >= 4 is 10.9 Å². The van der Waals surface area contributed by atoms with Crippen molar-refractivity contribution in [2.24, 2.45) is 0 Å². The third-order valence-electron chi connectivity index (χ3n) is 7.21. The van der Waals surface area contributed by atoms with Gasteiger partial charge >= 0.3 is 0 Å². The Morgan fingerprint density at radius 2 is 1.80 bits per heavy atom. The van der Waals surface area contributed by atoms with E-state index in [-0.39, 0.29) is 24.2 Å². The Kier molecular flexibility index (Phi) is 7.00. The molecule has 1 N–H and O–H groups in total. The molecule has 0 spiro atoms. The fraction of sp³-hybridized carbons (Fsp3) is 0.267. The molecule has 0 unspecified atom stereocenters. The Hall–Kier alpha value is -4.57. The number of nitrogens with zero attached hydrogens (tertiary/aromatic N) is 5. The van der Waals surface area contributed by atoms with Crippen molar-refractivity contribution in [3.63, 3.8) is 0 Å². The summed E-state index contributed by atoms with van der Waals surface area (Å²) in [6.45, 7) is 5.55. The zero-order chi connectivity index (χ0) is 27.6. The first-order chi connectivity index (χ1) is 19.5. The Morgan fingerprint density at radius 3 is 2.62 bits per heavy atom. The lowest BCUT2D eigenvalue weighted by Crippen LogP contribution is -2.32. The molecule has 0 amide bonds. The van der Waals surface area contributed by atoms with Crippen molar-refractivity contribution in [2.45, 2.75) is 45.9 Å². The highest BCUT2D eigenvalue weighted by molar-refractivity contribution is 5.79. The van der Waals surface area contributed by atoms with Gasteiger partial charge in [-0.25, -0.2) is 9.07 Å². The highest BCUT2D eigenvalue weighted by atomic mass is 19.1. The van der Waals surface area contributed by atoms with Crippen LogP contribution in [0, 0.1) is 12.7 Å². The van der Waals surface area contributed by atoms with Crippen LogP contribution in [0.1, 0.15) is 47.5 Å². The second-order valence-corrected chi connectivity index (χ2v) is 10.1. The molecule has 0 radical (unpaired) electrons. The summed E-state index contributed by atoms with van der Waals surface area (Å²) >= 11 is 0. The molecular formula is C30H29FN6O3. The summed E-state index contributed by atoms with van der Waals surface area (Å²) in [7, 11) is 0. The predicted octanol–water partition coefficient (Wildman–Crippen LogP) is 4.89. The van der Waals surface area contributed by atoms with Crippen LogP contribution in [0.3, 0.4) is 0 Å². The van der Waals surface area contributed by atoms with Gasteiger partial charge in [0.25, 0.3) is 5.56 Å². The van der Waals surface area contributed by atoms with Gasteiger partial charge in [0.2, 0.25) is 6.79 Å². The number of rotatable bonds is 9. The molecule has 5 aromatic rings. The van der Waals surface area contributed by atoms with Crippen molar-refractivity contribution in [2.75, 3.05) is 6.79 Å². The molecular weight excluding hydrogens is 511 g/mol. The van der Waals surface area contributed by atoms with Crippen LogP contribution in [0.15, 0.2) is 71.5 Å². The number of H-pyrrole nitrogens is 1. The SMILES string of the molecule is CC[C@H](c1nnnn1Cc1ccc(F)cc1)N(Cc1ccc2c(c1)OCO2)Cc1cc2ccc(C)cc2[nH]c1=O. The van der Waals surface area contributed by atoms with Gasteiger partial charge in [0.05, 0.1) is 12.6 Å². The van der Waals surface area contributed by atoms with Gasteiger partial charge in [0.15, 0.2) is 17.3 Å². The zero-order valence-electron chi connectivity index (χ0n) is 22.3. The molecule has 10 heteroatoms. The van der Waals surface area contributed by atoms with E-state index >= 15 is 0 Å². The monoisotopic (exact) mass is 540 g/mol. The van der Waals surface area contributed by atoms with Crippen LogP contribution in [-0.4, -0.2) is 36.9 Å². The molecule has 6 rings (SSSR count). The summed E-state index contributed by atoms with van der Waals surface area (Å²) in [6, 6.07) is 19.9. The van der Waals surface area contributed by atoms with Crippen LogP contribution < -0.4 is 15.0 Å². The maximum atomic E-state index is 13.5. The van der Waals surface area contributed by atoms with E-state index in [9.17, 15) is 9.18 Å². The lowest BCUT2D eigenvalue weighted by Gasteiger charge is -2.30. The fourth-order valence-corrected chi connectivity index (χ4v) is 5.18. The number of fused-ring (bicyclic) bond motifs is 2. The molecule has 9 nitrogen and oxygen atoms in total. The number of ether oxygens (including phenoxy) is 2. The van der Waals surface area contributed by atoms with E-state index in [1.54, 1.807) is 16.8 Å². The zero-order valence-corrected chi connectivity index (χ0v) is 22.3. The Balaban J connectivity index is 1.36. The molecule has 0 saturated heterocycles. The van der Waals surface area contributed by atoms with E-state index in [0.717, 1.165) is 27.6 Å². The normalized spacial score (nSPS) is 13.3. The largest absolute Gasteiger partial charge is 0.454 e. The third-order valence-corrected chi connectivity index (χ3v) is 7.21. The summed E-state index contributed by atoms with van der Waals surface area (Å²) in [5, 5.41) is 13.6. The van der Waals surface area contributed by atoms with E-state index < -0.39 is 0 Å². The second kappa shape index (κ2) is 10.9. The summed E-state index contributed by atoms with van der Waals surface area (Å²) in [5.74, 6) is 1.79. The van der Waals surface area contributed by atoms with Gasteiger partial charge < -0.3 is 14.5 Å². The standard InChI is InChI=1S/C30H29FN6O3/c1-3-26(29-33-34-35-37(29)16-20-5-9-24(31)10-6-20)36(15-21-7-11-27-28(13-21)40-18-39-27)17-23-14-22-8-4-19(2)12-25(22)32-30(23)38/h4-14,26H,3,15-18H2,1-2H3,(H,32,38)/t26-/m1/s1. The first-order valence-corrected chi connectivity index (χ1v) is 13.2. The average molecular weight is 541 g/mol. The average Bonchev–Trinajstić information content (AvgIpc) is 3.60. The molecule has 2 aromatic heterocycles. The van der Waals surface area contributed by atoms with Crippen molar-refractivity contribution in [3.05, 3.63) is 111 Å². The van der Waals surface area contributed by atoms with E-state index in [0.29, 0.717) is 48.9 Å². The summed E-state index contributed by atoms with van der Waals surface area (Å²) in [5.41, 5.74) is 4.30. The number of tetrazole rings is 1. The van der Waals surface area contributed by atoms with Crippen LogP contribution in [-0.2, 0) is 19.6 Å². The summed E-state index contributed by atoms with van der Waals surface area (Å²) in [4.78, 5) is 18.5. The minimum atomic E-state index is -0.294. The van der Waals surface area contributed by atoms with E-state index in [1.807, 2.05) is 49.4 Å². The van der Waals surface area contributed by atoms with Crippen molar-refractivity contribution in [1.29, 1.82) is 0 Å². The highest BCUT2D eigenvalue weighted by Gasteiger charge is 2.27. The minimum Gasteiger partial charge on any atom is -0.454 e. The van der Waals surface area contributed by atoms with Crippen LogP contribution in [0.2, 0.25) is 0 Å². The number of hydrogen-bond donors (Lipinski definition) is 1. The quantitative estimate of drug-likeness (QED) is 0.284. The van der Waals surface area contributed by atoms with Gasteiger partial charge in [0, 0.05) is 24.2 Å². The summed E-state index contributed by atoms with van der Waals surface area (Å²) < 4.78 is 26.3. The number of benzene rings is 3. The first-order valence-electron chi connectivity index (χ1n) is 13.2. The van der Waals surface area contributed by atoms with Crippen molar-refractivity contribution in [3.8, 4) is 11.5 Å². The van der Waals surface area contributed by atoms with E-state index in [1.165, 1.54) is 12.1 Å². The fourth-order valence-electron chi connectivity index (χ4n) is 5.18. The van der Waals surface area contributed by atoms with Gasteiger partial charge in [-0.15, -0.1) is 5.10 Å². The number of aromatic amines is 1. The Bertz CT molecular complexity index is 1720. The topological polar surface area (TPSA) is 98.2 Å². The minimum absolute atomic E-state index is 0.130. The molecule has 0 saturated carbocycles. The van der Waals surface area contributed by atoms with Gasteiger partial charge in [-0.2, -0.15) is 0 Å². The Labute approximate surface area is 230 Å². The van der Waals surface area contributed by atoms with E-state index in [2.05, 4.69) is 32.3 Å². The first kappa shape index (κ1) is 25.7. The molecule has 40 heavy (non-hydrogen) atoms. The number of aryl methyl sites for hydroxylation is 1. The predicted molar refractivity (Wildman–Crippen MR) is 147 cm³/mol. The molecule has 0 aliphatic carbocycles. The lowest BCUT2D eigenvalue weighted by molar-refractivity contribution is 0.161. The molecule has 1 aliphatic rings. The van der Waals surface area contributed by atoms with E-state index in [4.69, 9.17) is 9.47 Å². The van der Waals surface area contributed by atoms with Crippen LogP contribution in [0.5, 0.6) is 11.5 Å². The molecule has 1 aliphatic heterocycles. The smallest absolute Gasteiger partial charge is 0.252 e. The number of nitrogens with one attached hydrogen (secondary N) is 1. The van der Waals surface area contributed by atoms with Crippen LogP contribution in [0.4, 0.5) is 4.39 Å². The molecule has 3 aromatic carbocycles. The maximum absolute atomic E-state index is 13.5. The van der Waals surface area contributed by atoms with Crippen molar-refractivity contribution < 1.29 is 13.9 Å². The highest BCUT2D eigenvalue weighted by Crippen LogP contribution is 2.34. The lowest BCUT2D eigenvalue weighted by atomic mass is 10.1. The molecule has 0 bridgehead atoms. The van der Waals surface area contributed by atoms with Gasteiger partial charge in [-0.1, -0.05) is 37.3 Å². The number of halogens is 1. The van der Waals surface area contributed by atoms with Crippen LogP contribution in [0.25, 0.3) is 10.9 Å². The number of aromatic nitrogens is 5. The van der Waals surface area contributed by atoms with Gasteiger partial charge in [0.1, 0.15) is 5.82 Å². The summed E-state index contributed by atoms with van der Waals surface area (Å²) in [6.07, 6.45) is 0.693. The number of hydrogen-bond acceptors (Lipinski definition) is 7. The second-order valence-electron chi connectivity index (χ2n) is 10.1. The maximum Gasteiger partial charge on any atom is 0.252 e. The van der Waals surface area contributed by atoms with Crippen molar-refractivity contribution in [1.82, 2.24) is 30.1 Å².